The normalized spacial score (nSPS) is 17.6. The van der Waals surface area contributed by atoms with Gasteiger partial charge in [-0.15, -0.1) is 0 Å². The molecule has 2 amide bonds. The second-order valence-corrected chi connectivity index (χ2v) is 11.0. The first-order valence-corrected chi connectivity index (χ1v) is 12.4. The molecule has 206 valence electrons. The topological polar surface area (TPSA) is 124 Å². The minimum atomic E-state index is -4.86. The van der Waals surface area contributed by atoms with Gasteiger partial charge in [-0.1, -0.05) is 26.8 Å². The number of amides is 2. The van der Waals surface area contributed by atoms with Gasteiger partial charge in [-0.2, -0.15) is 18.4 Å². The molecule has 11 heteroatoms. The average Bonchev–Trinajstić information content (AvgIpc) is 3.42. The Bertz CT molecular complexity index is 1270. The third-order valence-electron chi connectivity index (χ3n) is 6.72. The number of benzene rings is 1. The predicted molar refractivity (Wildman–Crippen MR) is 134 cm³/mol. The minimum Gasteiger partial charge on any atom is -0.496 e. The summed E-state index contributed by atoms with van der Waals surface area (Å²) in [7, 11) is 1.25. The number of ether oxygens (including phenoxy) is 1. The van der Waals surface area contributed by atoms with Crippen LogP contribution in [-0.2, 0) is 15.8 Å². The lowest BCUT2D eigenvalue weighted by atomic mass is 9.81. The van der Waals surface area contributed by atoms with Gasteiger partial charge in [0.05, 0.1) is 35.3 Å². The lowest BCUT2D eigenvalue weighted by molar-refractivity contribution is -0.136. The monoisotopic (exact) mass is 534 g/mol. The number of rotatable bonds is 9. The van der Waals surface area contributed by atoms with E-state index in [-0.39, 0.29) is 35.4 Å². The number of nitrogens with zero attached hydrogens (tertiary/aromatic N) is 1. The van der Waals surface area contributed by atoms with Crippen molar-refractivity contribution in [3.05, 3.63) is 29.0 Å². The Morgan fingerprint density at radius 3 is 2.47 bits per heavy atom. The molecule has 1 aromatic heterocycles. The van der Waals surface area contributed by atoms with E-state index in [0.717, 1.165) is 0 Å². The van der Waals surface area contributed by atoms with Gasteiger partial charge in [0.15, 0.2) is 5.78 Å². The van der Waals surface area contributed by atoms with Crippen molar-refractivity contribution in [2.45, 2.75) is 65.6 Å². The number of ketones is 1. The Morgan fingerprint density at radius 1 is 1.26 bits per heavy atom. The molecular formula is C27H33F3N4O4. The molecule has 1 fully saturated rings. The maximum atomic E-state index is 14.3. The molecule has 0 radical (unpaired) electrons. The summed E-state index contributed by atoms with van der Waals surface area (Å²) in [6, 6.07) is 4.02. The van der Waals surface area contributed by atoms with E-state index < -0.39 is 58.8 Å². The van der Waals surface area contributed by atoms with Crippen molar-refractivity contribution in [1.29, 1.82) is 5.26 Å². The number of aryl methyl sites for hydroxylation is 1. The molecule has 0 bridgehead atoms. The number of hydrogen-bond donors (Lipinski definition) is 3. The maximum absolute atomic E-state index is 14.3. The van der Waals surface area contributed by atoms with Crippen LogP contribution in [-0.4, -0.2) is 42.3 Å². The fraction of sp³-hybridized carbons (Fsp3) is 0.556. The number of fused-ring (bicyclic) bond motifs is 1. The highest BCUT2D eigenvalue weighted by molar-refractivity contribution is 6.06. The molecule has 1 saturated heterocycles. The molecule has 3 atom stereocenters. The van der Waals surface area contributed by atoms with Crippen LogP contribution in [0.5, 0.6) is 5.75 Å². The zero-order valence-electron chi connectivity index (χ0n) is 22.1. The molecule has 1 aliphatic heterocycles. The Labute approximate surface area is 219 Å². The van der Waals surface area contributed by atoms with Crippen LogP contribution in [0.15, 0.2) is 12.1 Å². The van der Waals surface area contributed by atoms with Crippen LogP contribution in [0.3, 0.4) is 0 Å². The number of halogens is 3. The van der Waals surface area contributed by atoms with Crippen molar-refractivity contribution < 1.29 is 32.3 Å². The number of Topliss-reactive ketones (excluding diaryl/α,β-unsaturated/α-hetero) is 1. The molecule has 38 heavy (non-hydrogen) atoms. The summed E-state index contributed by atoms with van der Waals surface area (Å²) in [5.41, 5.74) is -1.57. The minimum absolute atomic E-state index is 0.0231. The van der Waals surface area contributed by atoms with Crippen LogP contribution in [0.4, 0.5) is 13.2 Å². The van der Waals surface area contributed by atoms with Crippen LogP contribution < -0.4 is 15.4 Å². The molecule has 3 N–H and O–H groups in total. The number of carbonyl (C=O) groups excluding carboxylic acids is 3. The van der Waals surface area contributed by atoms with Crippen LogP contribution >= 0.6 is 0 Å². The van der Waals surface area contributed by atoms with E-state index in [9.17, 15) is 32.8 Å². The van der Waals surface area contributed by atoms with Crippen LogP contribution in [0.1, 0.15) is 68.1 Å². The molecule has 1 aromatic carbocycles. The second-order valence-electron chi connectivity index (χ2n) is 11.0. The third kappa shape index (κ3) is 6.47. The molecule has 2 aromatic rings. The van der Waals surface area contributed by atoms with Gasteiger partial charge in [-0.3, -0.25) is 14.4 Å². The Kier molecular flexibility index (Phi) is 8.44. The van der Waals surface area contributed by atoms with Gasteiger partial charge in [-0.05, 0) is 43.2 Å². The van der Waals surface area contributed by atoms with Crippen molar-refractivity contribution in [3.8, 4) is 11.8 Å². The van der Waals surface area contributed by atoms with Crippen LogP contribution in [0, 0.1) is 35.5 Å². The lowest BCUT2D eigenvalue weighted by Crippen LogP contribution is -2.41. The molecule has 3 rings (SSSR count). The van der Waals surface area contributed by atoms with Gasteiger partial charge in [0, 0.05) is 24.8 Å². The van der Waals surface area contributed by atoms with E-state index in [1.807, 2.05) is 26.8 Å². The number of nitriles is 1. The number of aromatic nitrogens is 1. The Morgan fingerprint density at radius 2 is 1.95 bits per heavy atom. The van der Waals surface area contributed by atoms with Crippen molar-refractivity contribution in [1.82, 2.24) is 15.6 Å². The molecule has 0 aliphatic carbocycles. The molecule has 0 spiro atoms. The summed E-state index contributed by atoms with van der Waals surface area (Å²) in [5, 5.41) is 14.6. The number of methoxy groups -OCH3 is 1. The van der Waals surface area contributed by atoms with E-state index in [4.69, 9.17) is 4.74 Å². The maximum Gasteiger partial charge on any atom is 0.419 e. The first-order valence-electron chi connectivity index (χ1n) is 12.4. The quantitative estimate of drug-likeness (QED) is 0.404. The van der Waals surface area contributed by atoms with E-state index in [1.165, 1.54) is 13.2 Å². The zero-order valence-corrected chi connectivity index (χ0v) is 22.1. The SMILES string of the molecule is COc1ccc(C)c2[nH]c(C(=O)C[C@@H](CC(C)(C)C)C(=O)N[C@H](C#N)C[C@@H]3CCNC3=O)c(C(F)(F)F)c12. The van der Waals surface area contributed by atoms with Gasteiger partial charge in [0.2, 0.25) is 11.8 Å². The summed E-state index contributed by atoms with van der Waals surface area (Å²) in [5.74, 6) is -3.11. The van der Waals surface area contributed by atoms with E-state index in [1.54, 1.807) is 13.0 Å². The second kappa shape index (κ2) is 11.1. The molecule has 2 heterocycles. The van der Waals surface area contributed by atoms with Crippen molar-refractivity contribution in [3.63, 3.8) is 0 Å². The first-order chi connectivity index (χ1) is 17.7. The number of alkyl halides is 3. The molecular weight excluding hydrogens is 501 g/mol. The van der Waals surface area contributed by atoms with E-state index in [0.29, 0.717) is 18.5 Å². The highest BCUT2D eigenvalue weighted by Crippen LogP contribution is 2.43. The molecule has 0 saturated carbocycles. The average molecular weight is 535 g/mol. The molecule has 0 unspecified atom stereocenters. The fourth-order valence-corrected chi connectivity index (χ4v) is 4.98. The van der Waals surface area contributed by atoms with Gasteiger partial charge in [0.1, 0.15) is 11.8 Å². The zero-order chi connectivity index (χ0) is 28.4. The highest BCUT2D eigenvalue weighted by atomic mass is 19.4. The first kappa shape index (κ1) is 29.0. The fourth-order valence-electron chi connectivity index (χ4n) is 4.98. The standard InChI is InChI=1S/C27H33F3N4O4/c1-14-6-7-19(38-5)20-21(27(28,29)30)23(34-22(14)20)18(35)11-16(12-26(2,3)4)25(37)33-17(13-31)10-15-8-9-32-24(15)36/h6-7,15-17,34H,8-12H2,1-5H3,(H,32,36)(H,33,37)/t15-,16-,17-/m0/s1. The largest absolute Gasteiger partial charge is 0.496 e. The summed E-state index contributed by atoms with van der Waals surface area (Å²) < 4.78 is 47.9. The van der Waals surface area contributed by atoms with E-state index >= 15 is 0 Å². The van der Waals surface area contributed by atoms with Crippen LogP contribution in [0.2, 0.25) is 0 Å². The molecule has 1 aliphatic rings. The van der Waals surface area contributed by atoms with Gasteiger partial charge >= 0.3 is 6.18 Å². The summed E-state index contributed by atoms with van der Waals surface area (Å²) in [6.45, 7) is 7.66. The predicted octanol–water partition coefficient (Wildman–Crippen LogP) is 4.66. The number of aromatic amines is 1. The summed E-state index contributed by atoms with van der Waals surface area (Å²) in [4.78, 5) is 41.2. The number of carbonyl (C=O) groups is 3. The van der Waals surface area contributed by atoms with Gasteiger partial charge in [0.25, 0.3) is 0 Å². The Hall–Kier alpha value is -3.55. The summed E-state index contributed by atoms with van der Waals surface area (Å²) >= 11 is 0. The number of hydrogen-bond acceptors (Lipinski definition) is 5. The lowest BCUT2D eigenvalue weighted by Gasteiger charge is -2.26. The number of nitrogens with one attached hydrogen (secondary N) is 3. The van der Waals surface area contributed by atoms with Gasteiger partial charge < -0.3 is 20.4 Å². The van der Waals surface area contributed by atoms with Crippen LogP contribution in [0.25, 0.3) is 10.9 Å². The van der Waals surface area contributed by atoms with Crippen molar-refractivity contribution >= 4 is 28.5 Å². The van der Waals surface area contributed by atoms with Crippen molar-refractivity contribution in [2.24, 2.45) is 17.3 Å². The van der Waals surface area contributed by atoms with E-state index in [2.05, 4.69) is 15.6 Å². The van der Waals surface area contributed by atoms with Gasteiger partial charge in [-0.25, -0.2) is 0 Å². The highest BCUT2D eigenvalue weighted by Gasteiger charge is 2.41. The number of H-pyrrole nitrogens is 1. The van der Waals surface area contributed by atoms with Crippen molar-refractivity contribution in [2.75, 3.05) is 13.7 Å². The third-order valence-corrected chi connectivity index (χ3v) is 6.72. The Balaban J connectivity index is 1.94. The summed E-state index contributed by atoms with van der Waals surface area (Å²) in [6.07, 6.45) is -4.51. The molecule has 8 nitrogen and oxygen atoms in total. The smallest absolute Gasteiger partial charge is 0.419 e.